The van der Waals surface area contributed by atoms with E-state index in [4.69, 9.17) is 0 Å². The van der Waals surface area contributed by atoms with Gasteiger partial charge in [0.2, 0.25) is 11.6 Å². The molecule has 0 bridgehead atoms. The predicted molar refractivity (Wildman–Crippen MR) is 173 cm³/mol. The van der Waals surface area contributed by atoms with Crippen LogP contribution < -0.4 is 0 Å². The quantitative estimate of drug-likeness (QED) is 0.144. The fourth-order valence-electron chi connectivity index (χ4n) is 5.69. The first-order valence-electron chi connectivity index (χ1n) is 14.4. The van der Waals surface area contributed by atoms with Gasteiger partial charge in [0.05, 0.1) is 0 Å². The summed E-state index contributed by atoms with van der Waals surface area (Å²) in [6.45, 7) is 6.36. The molecule has 0 aromatic heterocycles. The Balaban J connectivity index is 0.000000266. The first-order valence-corrected chi connectivity index (χ1v) is 14.4. The number of rotatable bonds is 5. The topological polar surface area (TPSA) is 94.8 Å². The summed E-state index contributed by atoms with van der Waals surface area (Å²) in [6, 6.07) is 37.5. The van der Waals surface area contributed by atoms with E-state index in [2.05, 4.69) is 45.0 Å². The molecule has 220 valence electrons. The minimum atomic E-state index is -0.487. The van der Waals surface area contributed by atoms with Gasteiger partial charge in [-0.15, -0.1) is 0 Å². The van der Waals surface area contributed by atoms with E-state index in [1.807, 2.05) is 54.6 Å². The molecule has 0 fully saturated rings. The molecule has 5 heteroatoms. The van der Waals surface area contributed by atoms with Crippen LogP contribution in [0.25, 0.3) is 6.08 Å². The van der Waals surface area contributed by atoms with Crippen LogP contribution in [0.1, 0.15) is 64.5 Å². The van der Waals surface area contributed by atoms with Gasteiger partial charge in [0, 0.05) is 22.0 Å². The van der Waals surface area contributed by atoms with Gasteiger partial charge >= 0.3 is 0 Å². The minimum absolute atomic E-state index is 0.224. The molecule has 0 amide bonds. The Labute approximate surface area is 257 Å². The van der Waals surface area contributed by atoms with E-state index in [1.54, 1.807) is 48.5 Å². The average molecular weight is 583 g/mol. The molecule has 0 radical (unpaired) electrons. The number of aromatic hydroxyl groups is 3. The number of benzene rings is 5. The molecule has 0 spiro atoms. The van der Waals surface area contributed by atoms with Crippen LogP contribution in [-0.2, 0) is 15.6 Å². The fourth-order valence-corrected chi connectivity index (χ4v) is 5.69. The molecule has 0 aliphatic heterocycles. The number of carbonyl (C=O) groups excluding carboxylic acids is 2. The molecule has 0 atom stereocenters. The number of phenolic OH excluding ortho intramolecular Hbond substituents is 3. The average Bonchev–Trinajstić information content (AvgIpc) is 3.04. The number of allylic oxidation sites excluding steroid dienone is 1. The summed E-state index contributed by atoms with van der Waals surface area (Å²) in [5.41, 5.74) is 5.62. The molecule has 5 aromatic rings. The highest BCUT2D eigenvalue weighted by Crippen LogP contribution is 2.42. The van der Waals surface area contributed by atoms with Crippen molar-refractivity contribution < 1.29 is 24.9 Å². The molecular weight excluding hydrogens is 548 g/mol. The van der Waals surface area contributed by atoms with Crippen molar-refractivity contribution in [3.05, 3.63) is 166 Å². The van der Waals surface area contributed by atoms with Gasteiger partial charge in [-0.2, -0.15) is 0 Å². The van der Waals surface area contributed by atoms with Gasteiger partial charge in [-0.05, 0) is 71.1 Å². The van der Waals surface area contributed by atoms with E-state index in [0.29, 0.717) is 11.3 Å². The number of carbonyl (C=O) groups is 2. The third kappa shape index (κ3) is 5.77. The predicted octanol–water partition coefficient (Wildman–Crippen LogP) is 7.95. The van der Waals surface area contributed by atoms with Gasteiger partial charge in [-0.25, -0.2) is 0 Å². The number of ketones is 2. The van der Waals surface area contributed by atoms with Crippen molar-refractivity contribution in [1.82, 2.24) is 0 Å². The molecule has 0 heterocycles. The van der Waals surface area contributed by atoms with Gasteiger partial charge < -0.3 is 15.3 Å². The Hall–Kier alpha value is -5.42. The van der Waals surface area contributed by atoms with E-state index >= 15 is 0 Å². The Kier molecular flexibility index (Phi) is 8.23. The highest BCUT2D eigenvalue weighted by Gasteiger charge is 2.32. The smallest absolute Gasteiger partial charge is 0.233 e. The Morgan fingerprint density at radius 2 is 0.955 bits per heavy atom. The zero-order chi connectivity index (χ0) is 31.5. The van der Waals surface area contributed by atoms with Gasteiger partial charge in [0.1, 0.15) is 17.2 Å². The maximum absolute atomic E-state index is 11.2. The molecule has 5 nitrogen and oxygen atoms in total. The number of hydrogen-bond acceptors (Lipinski definition) is 5. The first kappa shape index (κ1) is 30.1. The van der Waals surface area contributed by atoms with E-state index in [0.717, 1.165) is 33.4 Å². The Bertz CT molecular complexity index is 1780. The number of Topliss-reactive ketones (excluding diaryl/α,β-unsaturated/α-hetero) is 1. The van der Waals surface area contributed by atoms with Crippen LogP contribution in [0.4, 0.5) is 0 Å². The summed E-state index contributed by atoms with van der Waals surface area (Å²) in [5.74, 6) is -0.107. The second-order valence-corrected chi connectivity index (χ2v) is 11.6. The van der Waals surface area contributed by atoms with Crippen LogP contribution in [0, 0.1) is 0 Å². The first-order chi connectivity index (χ1) is 21.0. The molecule has 44 heavy (non-hydrogen) atoms. The third-order valence-corrected chi connectivity index (χ3v) is 8.49. The lowest BCUT2D eigenvalue weighted by atomic mass is 9.70. The maximum Gasteiger partial charge on any atom is 0.233 e. The second-order valence-electron chi connectivity index (χ2n) is 11.6. The molecule has 1 aliphatic carbocycles. The van der Waals surface area contributed by atoms with Crippen LogP contribution in [-0.4, -0.2) is 26.9 Å². The van der Waals surface area contributed by atoms with Crippen molar-refractivity contribution in [2.75, 3.05) is 0 Å². The lowest BCUT2D eigenvalue weighted by Crippen LogP contribution is -2.26. The summed E-state index contributed by atoms with van der Waals surface area (Å²) in [7, 11) is 0. The number of hydrogen-bond donors (Lipinski definition) is 3. The van der Waals surface area contributed by atoms with Gasteiger partial charge in [0.25, 0.3) is 0 Å². The van der Waals surface area contributed by atoms with Crippen molar-refractivity contribution in [3.8, 4) is 17.2 Å². The van der Waals surface area contributed by atoms with Crippen molar-refractivity contribution in [3.63, 3.8) is 0 Å². The molecule has 0 saturated heterocycles. The molecule has 1 aliphatic rings. The Morgan fingerprint density at radius 1 is 0.500 bits per heavy atom. The molecule has 0 unspecified atom stereocenters. The molecule has 6 rings (SSSR count). The summed E-state index contributed by atoms with van der Waals surface area (Å²) in [6.07, 6.45) is 2.98. The van der Waals surface area contributed by atoms with Gasteiger partial charge in [-0.3, -0.25) is 9.59 Å². The van der Waals surface area contributed by atoms with Crippen LogP contribution in [0.5, 0.6) is 17.2 Å². The van der Waals surface area contributed by atoms with Gasteiger partial charge in [-0.1, -0.05) is 111 Å². The van der Waals surface area contributed by atoms with E-state index in [9.17, 15) is 24.9 Å². The zero-order valence-corrected chi connectivity index (χ0v) is 24.9. The van der Waals surface area contributed by atoms with Crippen LogP contribution >= 0.6 is 0 Å². The SMILES string of the molecule is CC(C)(c1ccc(C(C)(c2ccc(O)cc2)c2ccc(O)cc2)cc1)c1ccccc1O.O=C1C=Cc2ccccc2C1=O. The van der Waals surface area contributed by atoms with Crippen molar-refractivity contribution in [2.45, 2.75) is 31.6 Å². The summed E-state index contributed by atoms with van der Waals surface area (Å²) in [5, 5.41) is 30.0. The largest absolute Gasteiger partial charge is 0.508 e. The lowest BCUT2D eigenvalue weighted by molar-refractivity contribution is -0.110. The van der Waals surface area contributed by atoms with Crippen molar-refractivity contribution in [2.24, 2.45) is 0 Å². The Morgan fingerprint density at radius 3 is 1.50 bits per heavy atom. The maximum atomic E-state index is 11.2. The van der Waals surface area contributed by atoms with Crippen LogP contribution in [0.15, 0.2) is 127 Å². The van der Waals surface area contributed by atoms with Crippen LogP contribution in [0.2, 0.25) is 0 Å². The summed E-state index contributed by atoms with van der Waals surface area (Å²) in [4.78, 5) is 22.1. The second kappa shape index (κ2) is 12.1. The highest BCUT2D eigenvalue weighted by atomic mass is 16.3. The number of para-hydroxylation sites is 1. The van der Waals surface area contributed by atoms with Crippen molar-refractivity contribution >= 4 is 17.6 Å². The highest BCUT2D eigenvalue weighted by molar-refractivity contribution is 6.49. The van der Waals surface area contributed by atoms with E-state index in [1.165, 1.54) is 6.08 Å². The van der Waals surface area contributed by atoms with Crippen LogP contribution in [0.3, 0.4) is 0 Å². The molecular formula is C39H34O5. The standard InChI is InChI=1S/C29H28O3.C10H6O2/c1-28(2,26-6-4-5-7-27(26)32)20-8-10-21(11-9-20)29(3,22-12-16-24(30)17-13-22)23-14-18-25(31)19-15-23;11-9-6-5-7-3-1-2-4-8(7)10(9)12/h4-19,30-32H,1-3H3;1-6H. The van der Waals surface area contributed by atoms with Gasteiger partial charge in [0.15, 0.2) is 0 Å². The molecule has 3 N–H and O–H groups in total. The minimum Gasteiger partial charge on any atom is -0.508 e. The van der Waals surface area contributed by atoms with E-state index < -0.39 is 17.0 Å². The zero-order valence-electron chi connectivity index (χ0n) is 24.9. The third-order valence-electron chi connectivity index (χ3n) is 8.49. The number of fused-ring (bicyclic) bond motifs is 1. The molecule has 5 aromatic carbocycles. The fraction of sp³-hybridized carbons (Fsp3) is 0.128. The summed E-state index contributed by atoms with van der Waals surface area (Å²) < 4.78 is 0. The normalized spacial score (nSPS) is 12.7. The van der Waals surface area contributed by atoms with E-state index in [-0.39, 0.29) is 16.9 Å². The molecule has 0 saturated carbocycles. The monoisotopic (exact) mass is 582 g/mol. The van der Waals surface area contributed by atoms with Crippen molar-refractivity contribution in [1.29, 1.82) is 0 Å². The lowest BCUT2D eigenvalue weighted by Gasteiger charge is -2.33. The number of phenols is 3. The summed E-state index contributed by atoms with van der Waals surface area (Å²) >= 11 is 0.